The van der Waals surface area contributed by atoms with Crippen molar-refractivity contribution in [3.05, 3.63) is 52.4 Å². The first kappa shape index (κ1) is 19.0. The molecule has 2 aromatic rings. The molecule has 1 atom stereocenters. The van der Waals surface area contributed by atoms with Crippen molar-refractivity contribution < 1.29 is 4.52 Å². The van der Waals surface area contributed by atoms with Crippen molar-refractivity contribution in [3.63, 3.8) is 0 Å². The fraction of sp³-hybridized carbons (Fsp3) is 0.500. The van der Waals surface area contributed by atoms with E-state index in [1.54, 1.807) is 7.05 Å². The number of aliphatic imine (C=N–C) groups is 1. The Hall–Kier alpha value is -2.30. The largest absolute Gasteiger partial charge is 0.361 e. The molecule has 0 aliphatic carbocycles. The van der Waals surface area contributed by atoms with Crippen LogP contribution in [-0.2, 0) is 6.42 Å². The summed E-state index contributed by atoms with van der Waals surface area (Å²) in [6.07, 6.45) is 1.97. The van der Waals surface area contributed by atoms with Gasteiger partial charge >= 0.3 is 0 Å². The molecule has 1 heterocycles. The zero-order valence-corrected chi connectivity index (χ0v) is 16.0. The molecule has 1 aromatic carbocycles. The second kappa shape index (κ2) is 9.25. The van der Waals surface area contributed by atoms with Gasteiger partial charge in [0.05, 0.1) is 5.69 Å². The molecule has 0 aliphatic heterocycles. The van der Waals surface area contributed by atoms with E-state index < -0.39 is 0 Å². The highest BCUT2D eigenvalue weighted by atomic mass is 16.5. The van der Waals surface area contributed by atoms with Gasteiger partial charge in [0.2, 0.25) is 0 Å². The van der Waals surface area contributed by atoms with Gasteiger partial charge < -0.3 is 15.2 Å². The number of aromatic nitrogens is 1. The minimum atomic E-state index is 0.432. The van der Waals surface area contributed by atoms with Crippen LogP contribution in [0, 0.1) is 20.8 Å². The van der Waals surface area contributed by atoms with Gasteiger partial charge in [-0.15, -0.1) is 0 Å². The first-order valence-corrected chi connectivity index (χ1v) is 8.94. The van der Waals surface area contributed by atoms with Crippen LogP contribution in [0.15, 0.2) is 33.8 Å². The maximum absolute atomic E-state index is 5.20. The van der Waals surface area contributed by atoms with Crippen LogP contribution >= 0.6 is 0 Å². The summed E-state index contributed by atoms with van der Waals surface area (Å²) in [5.74, 6) is 2.20. The molecule has 0 bridgehead atoms. The van der Waals surface area contributed by atoms with Gasteiger partial charge in [0, 0.05) is 25.7 Å². The van der Waals surface area contributed by atoms with Crippen LogP contribution in [0.3, 0.4) is 0 Å². The number of nitrogens with zero attached hydrogens (tertiary/aromatic N) is 2. The minimum Gasteiger partial charge on any atom is -0.361 e. The van der Waals surface area contributed by atoms with Crippen LogP contribution in [0.25, 0.3) is 0 Å². The molecule has 1 aromatic heterocycles. The molecule has 0 spiro atoms. The van der Waals surface area contributed by atoms with E-state index in [4.69, 9.17) is 4.52 Å². The molecule has 0 amide bonds. The highest BCUT2D eigenvalue weighted by Crippen LogP contribution is 2.15. The van der Waals surface area contributed by atoms with Gasteiger partial charge in [0.1, 0.15) is 5.76 Å². The van der Waals surface area contributed by atoms with Crippen LogP contribution in [0.1, 0.15) is 47.4 Å². The van der Waals surface area contributed by atoms with Gasteiger partial charge in [-0.2, -0.15) is 0 Å². The second-order valence-electron chi connectivity index (χ2n) is 6.60. The number of hydrogen-bond donors (Lipinski definition) is 2. The van der Waals surface area contributed by atoms with E-state index in [-0.39, 0.29) is 0 Å². The lowest BCUT2D eigenvalue weighted by Gasteiger charge is -2.16. The first-order chi connectivity index (χ1) is 12.0. The summed E-state index contributed by atoms with van der Waals surface area (Å²) in [4.78, 5) is 4.30. The van der Waals surface area contributed by atoms with Crippen molar-refractivity contribution in [2.75, 3.05) is 20.1 Å². The van der Waals surface area contributed by atoms with Crippen LogP contribution in [0.4, 0.5) is 0 Å². The van der Waals surface area contributed by atoms with Crippen LogP contribution in [-0.4, -0.2) is 31.3 Å². The van der Waals surface area contributed by atoms with E-state index in [2.05, 4.69) is 58.9 Å². The van der Waals surface area contributed by atoms with Gasteiger partial charge in [-0.25, -0.2) is 0 Å². The monoisotopic (exact) mass is 342 g/mol. The Kier molecular flexibility index (Phi) is 7.04. The van der Waals surface area contributed by atoms with Gasteiger partial charge in [0.25, 0.3) is 0 Å². The SMILES string of the molecule is CN=C(NCCCc1c(C)noc1C)NCC(C)c1ccc(C)cc1. The lowest BCUT2D eigenvalue weighted by molar-refractivity contribution is 0.392. The van der Waals surface area contributed by atoms with Crippen molar-refractivity contribution in [2.45, 2.75) is 46.5 Å². The third kappa shape index (κ3) is 5.62. The highest BCUT2D eigenvalue weighted by molar-refractivity contribution is 5.79. The Morgan fingerprint density at radius 3 is 2.48 bits per heavy atom. The van der Waals surface area contributed by atoms with E-state index in [1.807, 2.05) is 13.8 Å². The topological polar surface area (TPSA) is 62.5 Å². The maximum Gasteiger partial charge on any atom is 0.190 e. The molecule has 5 nitrogen and oxygen atoms in total. The van der Waals surface area contributed by atoms with Gasteiger partial charge in [-0.05, 0) is 45.1 Å². The fourth-order valence-electron chi connectivity index (χ4n) is 2.81. The summed E-state index contributed by atoms with van der Waals surface area (Å²) < 4.78 is 5.20. The molecule has 25 heavy (non-hydrogen) atoms. The summed E-state index contributed by atoms with van der Waals surface area (Å²) >= 11 is 0. The van der Waals surface area contributed by atoms with Gasteiger partial charge in [-0.1, -0.05) is 41.9 Å². The first-order valence-electron chi connectivity index (χ1n) is 8.94. The molecule has 0 saturated heterocycles. The molecular weight excluding hydrogens is 312 g/mol. The molecular formula is C20H30N4O. The number of rotatable bonds is 7. The number of nitrogens with one attached hydrogen (secondary N) is 2. The summed E-state index contributed by atoms with van der Waals surface area (Å²) in [7, 11) is 1.81. The molecule has 5 heteroatoms. The van der Waals surface area contributed by atoms with Gasteiger partial charge in [-0.3, -0.25) is 4.99 Å². The van der Waals surface area contributed by atoms with E-state index >= 15 is 0 Å². The normalized spacial score (nSPS) is 12.9. The van der Waals surface area contributed by atoms with Crippen molar-refractivity contribution in [1.82, 2.24) is 15.8 Å². The predicted octanol–water partition coefficient (Wildman–Crippen LogP) is 3.50. The Morgan fingerprint density at radius 2 is 1.88 bits per heavy atom. The third-order valence-corrected chi connectivity index (χ3v) is 4.52. The van der Waals surface area contributed by atoms with Crippen LogP contribution in [0.5, 0.6) is 0 Å². The van der Waals surface area contributed by atoms with E-state index in [1.165, 1.54) is 16.7 Å². The van der Waals surface area contributed by atoms with Crippen molar-refractivity contribution in [2.24, 2.45) is 4.99 Å². The Balaban J connectivity index is 1.72. The average Bonchev–Trinajstić information content (AvgIpc) is 2.93. The van der Waals surface area contributed by atoms with E-state index in [9.17, 15) is 0 Å². The van der Waals surface area contributed by atoms with Crippen molar-refractivity contribution in [3.8, 4) is 0 Å². The molecule has 0 fully saturated rings. The summed E-state index contributed by atoms with van der Waals surface area (Å²) in [5, 5.41) is 10.8. The molecule has 0 saturated carbocycles. The molecule has 2 N–H and O–H groups in total. The molecule has 136 valence electrons. The lowest BCUT2D eigenvalue weighted by Crippen LogP contribution is -2.39. The average molecular weight is 342 g/mol. The minimum absolute atomic E-state index is 0.432. The molecule has 2 rings (SSSR count). The second-order valence-corrected chi connectivity index (χ2v) is 6.60. The standard InChI is InChI=1S/C20H30N4O/c1-14-8-10-18(11-9-14)15(2)13-23-20(21-5)22-12-6-7-19-16(3)24-25-17(19)4/h8-11,15H,6-7,12-13H2,1-5H3,(H2,21,22,23). The van der Waals surface area contributed by atoms with Gasteiger partial charge in [0.15, 0.2) is 5.96 Å². The highest BCUT2D eigenvalue weighted by Gasteiger charge is 2.09. The number of benzene rings is 1. The predicted molar refractivity (Wildman–Crippen MR) is 103 cm³/mol. The van der Waals surface area contributed by atoms with Crippen LogP contribution in [0.2, 0.25) is 0 Å². The Bertz CT molecular complexity index is 669. The lowest BCUT2D eigenvalue weighted by atomic mass is 10.0. The van der Waals surface area contributed by atoms with E-state index in [0.717, 1.165) is 43.3 Å². The maximum atomic E-state index is 5.20. The van der Waals surface area contributed by atoms with Crippen molar-refractivity contribution >= 4 is 5.96 Å². The fourth-order valence-corrected chi connectivity index (χ4v) is 2.81. The van der Waals surface area contributed by atoms with Crippen molar-refractivity contribution in [1.29, 1.82) is 0 Å². The summed E-state index contributed by atoms with van der Waals surface area (Å²) in [6.45, 7) is 10.0. The van der Waals surface area contributed by atoms with E-state index in [0.29, 0.717) is 5.92 Å². The Morgan fingerprint density at radius 1 is 1.16 bits per heavy atom. The quantitative estimate of drug-likeness (QED) is 0.459. The zero-order valence-electron chi connectivity index (χ0n) is 16.0. The third-order valence-electron chi connectivity index (χ3n) is 4.52. The summed E-state index contributed by atoms with van der Waals surface area (Å²) in [6, 6.07) is 8.71. The molecule has 0 aliphatic rings. The molecule has 0 radical (unpaired) electrons. The number of guanidine groups is 1. The Labute approximate surface area is 150 Å². The summed E-state index contributed by atoms with van der Waals surface area (Å²) in [5.41, 5.74) is 4.84. The van der Waals surface area contributed by atoms with Crippen LogP contribution < -0.4 is 10.6 Å². The number of aryl methyl sites for hydroxylation is 3. The molecule has 1 unspecified atom stereocenters. The zero-order chi connectivity index (χ0) is 18.2. The number of hydrogen-bond acceptors (Lipinski definition) is 3. The smallest absolute Gasteiger partial charge is 0.190 e.